The van der Waals surface area contributed by atoms with Crippen molar-refractivity contribution < 1.29 is 4.74 Å². The minimum absolute atomic E-state index is 0.471. The van der Waals surface area contributed by atoms with Crippen LogP contribution in [-0.4, -0.2) is 47.2 Å². The number of aryl methyl sites for hydroxylation is 1. The molecule has 1 N–H and O–H groups in total. The van der Waals surface area contributed by atoms with Crippen molar-refractivity contribution in [3.8, 4) is 5.88 Å². The second-order valence-corrected chi connectivity index (χ2v) is 5.37. The molecular formula is C15H26N4O. The summed E-state index contributed by atoms with van der Waals surface area (Å²) in [6.07, 6.45) is 3.29. The quantitative estimate of drug-likeness (QED) is 0.866. The van der Waals surface area contributed by atoms with Crippen LogP contribution in [0.15, 0.2) is 6.07 Å². The molecule has 0 atom stereocenters. The molecule has 0 aromatic carbocycles. The van der Waals surface area contributed by atoms with Gasteiger partial charge in [-0.15, -0.1) is 0 Å². The number of nitrogens with zero attached hydrogens (tertiary/aromatic N) is 3. The van der Waals surface area contributed by atoms with Gasteiger partial charge in [-0.3, -0.25) is 0 Å². The van der Waals surface area contributed by atoms with Crippen molar-refractivity contribution in [2.75, 3.05) is 31.6 Å². The predicted molar refractivity (Wildman–Crippen MR) is 81.3 cm³/mol. The number of piperidine rings is 1. The standard InChI is InChI=1S/C15H26N4O/c1-4-10-20-14-11-12(3)16-15(18-14)17-13-6-8-19(5-2)9-7-13/h11,13H,4-10H2,1-3H3,(H,16,17,18). The number of likely N-dealkylation sites (tertiary alicyclic amines) is 1. The molecule has 0 radical (unpaired) electrons. The third-order valence-corrected chi connectivity index (χ3v) is 3.65. The van der Waals surface area contributed by atoms with Crippen LogP contribution >= 0.6 is 0 Å². The minimum Gasteiger partial charge on any atom is -0.478 e. The van der Waals surface area contributed by atoms with Crippen molar-refractivity contribution in [3.05, 3.63) is 11.8 Å². The van der Waals surface area contributed by atoms with E-state index in [0.717, 1.165) is 44.6 Å². The number of rotatable bonds is 6. The molecular weight excluding hydrogens is 252 g/mol. The molecule has 0 unspecified atom stereocenters. The van der Waals surface area contributed by atoms with E-state index >= 15 is 0 Å². The summed E-state index contributed by atoms with van der Waals surface area (Å²) < 4.78 is 5.60. The van der Waals surface area contributed by atoms with Gasteiger partial charge in [-0.05, 0) is 32.7 Å². The largest absolute Gasteiger partial charge is 0.478 e. The van der Waals surface area contributed by atoms with Crippen molar-refractivity contribution in [1.29, 1.82) is 0 Å². The summed E-state index contributed by atoms with van der Waals surface area (Å²) in [6.45, 7) is 10.4. The first-order valence-corrected chi connectivity index (χ1v) is 7.68. The average molecular weight is 278 g/mol. The Bertz CT molecular complexity index is 416. The molecule has 5 nitrogen and oxygen atoms in total. The maximum Gasteiger partial charge on any atom is 0.226 e. The lowest BCUT2D eigenvalue weighted by atomic mass is 10.1. The van der Waals surface area contributed by atoms with Crippen molar-refractivity contribution in [2.45, 2.75) is 46.1 Å². The summed E-state index contributed by atoms with van der Waals surface area (Å²) in [4.78, 5) is 11.4. The van der Waals surface area contributed by atoms with Gasteiger partial charge in [-0.1, -0.05) is 13.8 Å². The molecule has 112 valence electrons. The van der Waals surface area contributed by atoms with Gasteiger partial charge >= 0.3 is 0 Å². The Hall–Kier alpha value is -1.36. The number of anilines is 1. The van der Waals surface area contributed by atoms with Crippen LogP contribution < -0.4 is 10.1 Å². The summed E-state index contributed by atoms with van der Waals surface area (Å²) in [6, 6.07) is 2.36. The third kappa shape index (κ3) is 4.34. The molecule has 0 aliphatic carbocycles. The fourth-order valence-electron chi connectivity index (χ4n) is 2.46. The van der Waals surface area contributed by atoms with E-state index in [1.54, 1.807) is 0 Å². The Morgan fingerprint density at radius 1 is 1.30 bits per heavy atom. The number of hydrogen-bond donors (Lipinski definition) is 1. The van der Waals surface area contributed by atoms with E-state index in [9.17, 15) is 0 Å². The lowest BCUT2D eigenvalue weighted by Gasteiger charge is -2.31. The molecule has 1 aromatic heterocycles. The summed E-state index contributed by atoms with van der Waals surface area (Å²) in [5.74, 6) is 1.37. The van der Waals surface area contributed by atoms with Crippen LogP contribution in [-0.2, 0) is 0 Å². The maximum atomic E-state index is 5.60. The SMILES string of the molecule is CCCOc1cc(C)nc(NC2CCN(CC)CC2)n1. The number of hydrogen-bond acceptors (Lipinski definition) is 5. The van der Waals surface area contributed by atoms with Crippen LogP contribution in [0.2, 0.25) is 0 Å². The van der Waals surface area contributed by atoms with Gasteiger partial charge in [0.1, 0.15) is 0 Å². The third-order valence-electron chi connectivity index (χ3n) is 3.65. The molecule has 1 aromatic rings. The second-order valence-electron chi connectivity index (χ2n) is 5.37. The fourth-order valence-corrected chi connectivity index (χ4v) is 2.46. The van der Waals surface area contributed by atoms with Crippen LogP contribution in [0.5, 0.6) is 5.88 Å². The Morgan fingerprint density at radius 2 is 2.05 bits per heavy atom. The first-order chi connectivity index (χ1) is 9.71. The highest BCUT2D eigenvalue weighted by Gasteiger charge is 2.18. The second kappa shape index (κ2) is 7.43. The molecule has 0 bridgehead atoms. The van der Waals surface area contributed by atoms with Crippen LogP contribution in [0.25, 0.3) is 0 Å². The van der Waals surface area contributed by atoms with Crippen LogP contribution in [0.1, 0.15) is 38.8 Å². The number of aromatic nitrogens is 2. The van der Waals surface area contributed by atoms with E-state index < -0.39 is 0 Å². The van der Waals surface area contributed by atoms with E-state index in [1.165, 1.54) is 0 Å². The Balaban J connectivity index is 1.93. The molecule has 0 amide bonds. The Morgan fingerprint density at radius 3 is 2.70 bits per heavy atom. The first kappa shape index (κ1) is 15.0. The summed E-state index contributed by atoms with van der Waals surface area (Å²) in [5.41, 5.74) is 0.944. The zero-order valence-electron chi connectivity index (χ0n) is 12.9. The normalized spacial score (nSPS) is 17.1. The average Bonchev–Trinajstić information content (AvgIpc) is 2.45. The van der Waals surface area contributed by atoms with Gasteiger partial charge < -0.3 is 15.0 Å². The number of ether oxygens (including phenoxy) is 1. The Kier molecular flexibility index (Phi) is 5.59. The lowest BCUT2D eigenvalue weighted by Crippen LogP contribution is -2.39. The van der Waals surface area contributed by atoms with Crippen molar-refractivity contribution in [1.82, 2.24) is 14.9 Å². The van der Waals surface area contributed by atoms with E-state index in [-0.39, 0.29) is 0 Å². The van der Waals surface area contributed by atoms with Gasteiger partial charge in [0.25, 0.3) is 0 Å². The van der Waals surface area contributed by atoms with E-state index in [0.29, 0.717) is 24.5 Å². The summed E-state index contributed by atoms with van der Waals surface area (Å²) in [5, 5.41) is 3.45. The smallest absolute Gasteiger partial charge is 0.226 e. The molecule has 0 spiro atoms. The molecule has 1 aliphatic rings. The topological polar surface area (TPSA) is 50.3 Å². The molecule has 2 heterocycles. The van der Waals surface area contributed by atoms with Gasteiger partial charge in [0.15, 0.2) is 0 Å². The zero-order chi connectivity index (χ0) is 14.4. The monoisotopic (exact) mass is 278 g/mol. The fraction of sp³-hybridized carbons (Fsp3) is 0.733. The van der Waals surface area contributed by atoms with E-state index in [4.69, 9.17) is 4.74 Å². The van der Waals surface area contributed by atoms with E-state index in [1.807, 2.05) is 13.0 Å². The highest BCUT2D eigenvalue weighted by Crippen LogP contribution is 2.17. The molecule has 5 heteroatoms. The molecule has 20 heavy (non-hydrogen) atoms. The summed E-state index contributed by atoms with van der Waals surface area (Å²) >= 11 is 0. The van der Waals surface area contributed by atoms with Gasteiger partial charge in [0.05, 0.1) is 6.61 Å². The highest BCUT2D eigenvalue weighted by atomic mass is 16.5. The molecule has 1 fully saturated rings. The number of nitrogens with one attached hydrogen (secondary N) is 1. The van der Waals surface area contributed by atoms with Crippen LogP contribution in [0.4, 0.5) is 5.95 Å². The Labute approximate surface area is 121 Å². The van der Waals surface area contributed by atoms with Crippen molar-refractivity contribution in [3.63, 3.8) is 0 Å². The van der Waals surface area contributed by atoms with Crippen LogP contribution in [0.3, 0.4) is 0 Å². The molecule has 2 rings (SSSR count). The molecule has 1 aliphatic heterocycles. The molecule has 1 saturated heterocycles. The minimum atomic E-state index is 0.471. The van der Waals surface area contributed by atoms with Crippen LogP contribution in [0, 0.1) is 6.92 Å². The molecule has 0 saturated carbocycles. The first-order valence-electron chi connectivity index (χ1n) is 7.68. The van der Waals surface area contributed by atoms with Gasteiger partial charge in [0, 0.05) is 30.9 Å². The van der Waals surface area contributed by atoms with Gasteiger partial charge in [0.2, 0.25) is 11.8 Å². The van der Waals surface area contributed by atoms with Crippen molar-refractivity contribution >= 4 is 5.95 Å². The van der Waals surface area contributed by atoms with E-state index in [2.05, 4.69) is 34.0 Å². The van der Waals surface area contributed by atoms with Crippen molar-refractivity contribution in [2.24, 2.45) is 0 Å². The van der Waals surface area contributed by atoms with Gasteiger partial charge in [-0.25, -0.2) is 4.98 Å². The zero-order valence-corrected chi connectivity index (χ0v) is 12.9. The summed E-state index contributed by atoms with van der Waals surface area (Å²) in [7, 11) is 0. The lowest BCUT2D eigenvalue weighted by molar-refractivity contribution is 0.229. The highest BCUT2D eigenvalue weighted by molar-refractivity contribution is 5.31. The van der Waals surface area contributed by atoms with Gasteiger partial charge in [-0.2, -0.15) is 4.98 Å². The maximum absolute atomic E-state index is 5.60. The predicted octanol–water partition coefficient (Wildman–Crippen LogP) is 2.47.